The summed E-state index contributed by atoms with van der Waals surface area (Å²) in [6, 6.07) is 5.10. The number of anilines is 1. The number of aromatic carboxylic acids is 1. The van der Waals surface area contributed by atoms with Crippen molar-refractivity contribution in [2.24, 2.45) is 0 Å². The van der Waals surface area contributed by atoms with Gasteiger partial charge in [0.25, 0.3) is 0 Å². The third-order valence-corrected chi connectivity index (χ3v) is 2.37. The van der Waals surface area contributed by atoms with E-state index in [0.717, 1.165) is 4.47 Å². The maximum atomic E-state index is 10.9. The second-order valence-electron chi connectivity index (χ2n) is 2.90. The molecule has 0 aliphatic carbocycles. The number of benzene rings is 1. The van der Waals surface area contributed by atoms with Crippen LogP contribution in [0, 0.1) is 0 Å². The lowest BCUT2D eigenvalue weighted by molar-refractivity contribution is 0.0693. The van der Waals surface area contributed by atoms with Gasteiger partial charge in [-0.3, -0.25) is 0 Å². The fourth-order valence-electron chi connectivity index (χ4n) is 1.28. The number of carboxylic acid groups (broad SMARTS) is 1. The number of hydrogen-bond donors (Lipinski definition) is 2. The van der Waals surface area contributed by atoms with E-state index in [0.29, 0.717) is 10.9 Å². The number of aromatic nitrogens is 2. The topological polar surface area (TPSA) is 89.1 Å². The van der Waals surface area contributed by atoms with Crippen molar-refractivity contribution in [3.05, 3.63) is 28.4 Å². The molecule has 0 unspecified atom stereocenters. The lowest BCUT2D eigenvalue weighted by atomic mass is 10.2. The van der Waals surface area contributed by atoms with Crippen LogP contribution in [0.1, 0.15) is 10.5 Å². The van der Waals surface area contributed by atoms with Crippen LogP contribution in [0.4, 0.5) is 5.95 Å². The lowest BCUT2D eigenvalue weighted by Crippen LogP contribution is -2.06. The molecule has 0 spiro atoms. The van der Waals surface area contributed by atoms with E-state index in [-0.39, 0.29) is 11.6 Å². The number of halogens is 1. The summed E-state index contributed by atoms with van der Waals surface area (Å²) in [6.07, 6.45) is 0. The summed E-state index contributed by atoms with van der Waals surface area (Å²) in [5.41, 5.74) is 5.84. The summed E-state index contributed by atoms with van der Waals surface area (Å²) in [4.78, 5) is 18.5. The van der Waals surface area contributed by atoms with Crippen molar-refractivity contribution in [2.45, 2.75) is 0 Å². The largest absolute Gasteiger partial charge is 0.476 e. The highest BCUT2D eigenvalue weighted by Gasteiger charge is 2.12. The van der Waals surface area contributed by atoms with Gasteiger partial charge in [-0.15, -0.1) is 0 Å². The number of hydrogen-bond acceptors (Lipinski definition) is 4. The Hall–Kier alpha value is -1.69. The molecule has 2 rings (SSSR count). The predicted octanol–water partition coefficient (Wildman–Crippen LogP) is 1.67. The molecular weight excluding hydrogens is 262 g/mol. The third kappa shape index (κ3) is 1.75. The summed E-state index contributed by atoms with van der Waals surface area (Å²) in [5.74, 6) is -1.16. The Morgan fingerprint density at radius 1 is 1.40 bits per heavy atom. The average molecular weight is 268 g/mol. The van der Waals surface area contributed by atoms with Gasteiger partial charge in [0.2, 0.25) is 5.95 Å². The number of carbonyl (C=O) groups is 1. The lowest BCUT2D eigenvalue weighted by Gasteiger charge is -2.02. The van der Waals surface area contributed by atoms with E-state index in [9.17, 15) is 4.79 Å². The zero-order valence-corrected chi connectivity index (χ0v) is 9.02. The summed E-state index contributed by atoms with van der Waals surface area (Å²) >= 11 is 3.25. The van der Waals surface area contributed by atoms with E-state index in [4.69, 9.17) is 10.8 Å². The predicted molar refractivity (Wildman–Crippen MR) is 58.6 cm³/mol. The van der Waals surface area contributed by atoms with Gasteiger partial charge in [-0.25, -0.2) is 14.8 Å². The fourth-order valence-corrected chi connectivity index (χ4v) is 1.64. The molecule has 6 heteroatoms. The molecule has 0 bridgehead atoms. The standard InChI is InChI=1S/C9H6BrN3O2/c10-4-1-2-6-5(3-4)7(8(14)15)13-9(11)12-6/h1-3H,(H,14,15)(H2,11,12,13). The minimum Gasteiger partial charge on any atom is -0.476 e. The molecule has 0 aliphatic rings. The minimum absolute atomic E-state index is 0.0396. The number of rotatable bonds is 1. The number of nitrogen functional groups attached to an aromatic ring is 1. The van der Waals surface area contributed by atoms with Crippen LogP contribution in [0.5, 0.6) is 0 Å². The Kier molecular flexibility index (Phi) is 2.28. The maximum Gasteiger partial charge on any atom is 0.355 e. The van der Waals surface area contributed by atoms with Crippen LogP contribution >= 0.6 is 15.9 Å². The van der Waals surface area contributed by atoms with E-state index in [2.05, 4.69) is 25.9 Å². The van der Waals surface area contributed by atoms with Crippen molar-refractivity contribution in [1.82, 2.24) is 9.97 Å². The quantitative estimate of drug-likeness (QED) is 0.821. The van der Waals surface area contributed by atoms with E-state index in [1.807, 2.05) is 0 Å². The molecule has 15 heavy (non-hydrogen) atoms. The van der Waals surface area contributed by atoms with Gasteiger partial charge in [-0.2, -0.15) is 0 Å². The van der Waals surface area contributed by atoms with Crippen molar-refractivity contribution < 1.29 is 9.90 Å². The minimum atomic E-state index is -1.12. The third-order valence-electron chi connectivity index (χ3n) is 1.88. The molecule has 0 aliphatic heterocycles. The van der Waals surface area contributed by atoms with Gasteiger partial charge in [0.05, 0.1) is 5.52 Å². The average Bonchev–Trinajstić information content (AvgIpc) is 2.17. The molecule has 0 atom stereocenters. The van der Waals surface area contributed by atoms with Gasteiger partial charge >= 0.3 is 5.97 Å². The Morgan fingerprint density at radius 2 is 2.13 bits per heavy atom. The van der Waals surface area contributed by atoms with Crippen molar-refractivity contribution in [3.8, 4) is 0 Å². The van der Waals surface area contributed by atoms with Crippen LogP contribution in [-0.2, 0) is 0 Å². The zero-order valence-electron chi connectivity index (χ0n) is 7.44. The van der Waals surface area contributed by atoms with Crippen LogP contribution in [0.3, 0.4) is 0 Å². The van der Waals surface area contributed by atoms with Gasteiger partial charge in [0.1, 0.15) is 0 Å². The van der Waals surface area contributed by atoms with E-state index in [1.54, 1.807) is 18.2 Å². The first kappa shape index (κ1) is 9.85. The first-order valence-corrected chi connectivity index (χ1v) is 4.83. The van der Waals surface area contributed by atoms with E-state index >= 15 is 0 Å². The van der Waals surface area contributed by atoms with Crippen LogP contribution < -0.4 is 5.73 Å². The summed E-state index contributed by atoms with van der Waals surface area (Å²) in [7, 11) is 0. The van der Waals surface area contributed by atoms with Crippen LogP contribution in [0.15, 0.2) is 22.7 Å². The van der Waals surface area contributed by atoms with Crippen LogP contribution in [0.2, 0.25) is 0 Å². The molecule has 0 saturated heterocycles. The SMILES string of the molecule is Nc1nc(C(=O)O)c2cc(Br)ccc2n1. The molecule has 0 amide bonds. The molecule has 3 N–H and O–H groups in total. The molecule has 1 aromatic heterocycles. The molecule has 0 radical (unpaired) electrons. The molecule has 5 nitrogen and oxygen atoms in total. The highest BCUT2D eigenvalue weighted by atomic mass is 79.9. The number of nitrogens with zero attached hydrogens (tertiary/aromatic N) is 2. The van der Waals surface area contributed by atoms with Crippen molar-refractivity contribution in [2.75, 3.05) is 5.73 Å². The fraction of sp³-hybridized carbons (Fsp3) is 0. The van der Waals surface area contributed by atoms with Crippen LogP contribution in [0.25, 0.3) is 10.9 Å². The van der Waals surface area contributed by atoms with Crippen LogP contribution in [-0.4, -0.2) is 21.0 Å². The Bertz CT molecular complexity index is 556. The van der Waals surface area contributed by atoms with Crippen molar-refractivity contribution in [1.29, 1.82) is 0 Å². The molecular formula is C9H6BrN3O2. The van der Waals surface area contributed by atoms with Gasteiger partial charge in [0, 0.05) is 9.86 Å². The monoisotopic (exact) mass is 267 g/mol. The van der Waals surface area contributed by atoms with E-state index < -0.39 is 5.97 Å². The maximum absolute atomic E-state index is 10.9. The van der Waals surface area contributed by atoms with Crippen molar-refractivity contribution in [3.63, 3.8) is 0 Å². The smallest absolute Gasteiger partial charge is 0.355 e. The highest BCUT2D eigenvalue weighted by molar-refractivity contribution is 9.10. The zero-order chi connectivity index (χ0) is 11.0. The summed E-state index contributed by atoms with van der Waals surface area (Å²) in [6.45, 7) is 0. The normalized spacial score (nSPS) is 10.5. The first-order chi connectivity index (χ1) is 7.08. The Morgan fingerprint density at radius 3 is 2.80 bits per heavy atom. The second kappa shape index (κ2) is 3.47. The Balaban J connectivity index is 2.87. The molecule has 2 aromatic rings. The number of fused-ring (bicyclic) bond motifs is 1. The number of nitrogens with two attached hydrogens (primary N) is 1. The summed E-state index contributed by atoms with van der Waals surface area (Å²) < 4.78 is 0.769. The van der Waals surface area contributed by atoms with E-state index in [1.165, 1.54) is 0 Å². The molecule has 76 valence electrons. The Labute approximate surface area is 93.1 Å². The molecule has 0 saturated carbocycles. The molecule has 1 aromatic carbocycles. The van der Waals surface area contributed by atoms with Gasteiger partial charge in [-0.05, 0) is 18.2 Å². The molecule has 1 heterocycles. The van der Waals surface area contributed by atoms with Gasteiger partial charge < -0.3 is 10.8 Å². The van der Waals surface area contributed by atoms with Crippen molar-refractivity contribution >= 4 is 38.8 Å². The highest BCUT2D eigenvalue weighted by Crippen LogP contribution is 2.21. The summed E-state index contributed by atoms with van der Waals surface area (Å²) in [5, 5.41) is 9.40. The second-order valence-corrected chi connectivity index (χ2v) is 3.81. The number of carboxylic acids is 1. The van der Waals surface area contributed by atoms with Gasteiger partial charge in [0.15, 0.2) is 5.69 Å². The van der Waals surface area contributed by atoms with Gasteiger partial charge in [-0.1, -0.05) is 15.9 Å². The first-order valence-electron chi connectivity index (χ1n) is 4.04. The molecule has 0 fully saturated rings.